The number of methoxy groups -OCH3 is 1. The summed E-state index contributed by atoms with van der Waals surface area (Å²) in [5, 5.41) is 19.9. The summed E-state index contributed by atoms with van der Waals surface area (Å²) in [6.45, 7) is 1.07. The maximum atomic E-state index is 12.0. The summed E-state index contributed by atoms with van der Waals surface area (Å²) < 4.78 is 19.7. The van der Waals surface area contributed by atoms with Gasteiger partial charge in [0, 0.05) is 50.5 Å². The van der Waals surface area contributed by atoms with E-state index < -0.39 is 106 Å². The summed E-state index contributed by atoms with van der Waals surface area (Å²) in [5.41, 5.74) is 6.05. The van der Waals surface area contributed by atoms with E-state index in [1.165, 1.54) is 14.1 Å². The van der Waals surface area contributed by atoms with Crippen molar-refractivity contribution >= 4 is 58.7 Å². The van der Waals surface area contributed by atoms with Crippen LogP contribution in [0.3, 0.4) is 0 Å². The van der Waals surface area contributed by atoms with Crippen LogP contribution in [0.15, 0.2) is 67.1 Å². The van der Waals surface area contributed by atoms with Crippen molar-refractivity contribution in [1.29, 1.82) is 5.41 Å². The molecule has 55 heavy (non-hydrogen) atoms. The Kier molecular flexibility index (Phi) is 15.0. The number of rotatable bonds is 12. The van der Waals surface area contributed by atoms with Crippen LogP contribution in [0.4, 0.5) is 11.6 Å². The molecule has 24 nitrogen and oxygen atoms in total. The third-order valence-corrected chi connectivity index (χ3v) is 6.69. The number of H-pyrrole nitrogens is 2. The predicted molar refractivity (Wildman–Crippen MR) is 185 cm³/mol. The summed E-state index contributed by atoms with van der Waals surface area (Å²) in [6, 6.07) is 0. The number of ketones is 2. The van der Waals surface area contributed by atoms with Crippen molar-refractivity contribution in [3.63, 3.8) is 0 Å². The number of aromatic nitrogens is 4. The number of anilines is 2. The largest absolute Gasteiger partial charge is 0.508 e. The molecular weight excluding hydrogens is 740 g/mol. The van der Waals surface area contributed by atoms with Crippen molar-refractivity contribution in [2.45, 2.75) is 6.42 Å². The first-order valence-corrected chi connectivity index (χ1v) is 14.9. The second-order valence-corrected chi connectivity index (χ2v) is 10.6. The monoisotopic (exact) mass is 772 g/mol. The number of piperidine rings is 1. The van der Waals surface area contributed by atoms with Gasteiger partial charge in [0.25, 0.3) is 17.0 Å². The Labute approximate surface area is 305 Å². The maximum Gasteiger partial charge on any atom is 0.332 e. The first kappa shape index (κ1) is 43.2. The van der Waals surface area contributed by atoms with Crippen molar-refractivity contribution in [3.05, 3.63) is 101 Å². The molecule has 0 bridgehead atoms. The van der Waals surface area contributed by atoms with Gasteiger partial charge in [-0.15, -0.1) is 0 Å². The molecule has 0 aliphatic carbocycles. The number of carbonyl (C=O) groups is 7. The molecule has 0 unspecified atom stereocenters. The molecule has 292 valence electrons. The Morgan fingerprint density at radius 3 is 1.78 bits per heavy atom. The fraction of sp³-hybridized carbons (Fsp3) is 0.226. The lowest BCUT2D eigenvalue weighted by Crippen LogP contribution is -2.42. The van der Waals surface area contributed by atoms with Crippen LogP contribution in [0.2, 0.25) is 0 Å². The molecule has 2 aromatic rings. The van der Waals surface area contributed by atoms with E-state index in [-0.39, 0.29) is 29.2 Å². The second kappa shape index (κ2) is 19.1. The first-order chi connectivity index (χ1) is 25.7. The minimum atomic E-state index is -1.15. The van der Waals surface area contributed by atoms with E-state index in [0.717, 1.165) is 23.8 Å². The first-order valence-electron chi connectivity index (χ1n) is 14.9. The van der Waals surface area contributed by atoms with Gasteiger partial charge in [-0.1, -0.05) is 6.58 Å². The van der Waals surface area contributed by atoms with Gasteiger partial charge in [-0.3, -0.25) is 43.1 Å². The standard InChI is InChI=1S/C18H17N5O9.C13H15N3O7/c1-7-4-8(19)13(16(28)21-7)9(24)5-31-11(26)2-3-12(27)32-6-10(25)14-15(20)22-18(30)23-17(14)29;1-15-11(14)10(12(20)16(2)13(15)21)7(17)6-23-9(19)5-4-8(18)22-3/h2-3,19,24H,1,4-6H2,(H,21,28)(H4,20,22,23,29,30);4-5H,6,14H2,1-3H3/b3-2+,13-9?,19-8?;5-4+. The lowest BCUT2D eigenvalue weighted by Gasteiger charge is -2.19. The number of carbonyl (C=O) groups excluding carboxylic acids is 7. The van der Waals surface area contributed by atoms with Gasteiger partial charge in [0.05, 0.1) is 12.8 Å². The molecule has 3 heterocycles. The second-order valence-electron chi connectivity index (χ2n) is 10.6. The Hall–Kier alpha value is -7.92. The molecule has 0 spiro atoms. The minimum Gasteiger partial charge on any atom is -0.508 e. The smallest absolute Gasteiger partial charge is 0.332 e. The van der Waals surface area contributed by atoms with E-state index in [0.29, 0.717) is 16.7 Å². The average molecular weight is 773 g/mol. The van der Waals surface area contributed by atoms with Gasteiger partial charge in [0.2, 0.25) is 11.6 Å². The zero-order valence-electron chi connectivity index (χ0n) is 29.0. The Morgan fingerprint density at radius 1 is 0.800 bits per heavy atom. The van der Waals surface area contributed by atoms with Crippen LogP contribution in [-0.2, 0) is 57.0 Å². The number of hydrogen-bond acceptors (Lipinski definition) is 19. The molecule has 1 aliphatic rings. The highest BCUT2D eigenvalue weighted by atomic mass is 16.5. The Bertz CT molecular complexity index is 2300. The van der Waals surface area contributed by atoms with Gasteiger partial charge in [0.1, 0.15) is 40.7 Å². The number of esters is 4. The molecule has 0 atom stereocenters. The Morgan fingerprint density at radius 2 is 1.29 bits per heavy atom. The number of nitrogen functional groups attached to an aromatic ring is 2. The van der Waals surface area contributed by atoms with E-state index >= 15 is 0 Å². The molecule has 3 rings (SSSR count). The van der Waals surface area contributed by atoms with Crippen LogP contribution in [0.1, 0.15) is 27.1 Å². The molecule has 1 aliphatic heterocycles. The number of nitrogens with zero attached hydrogens (tertiary/aromatic N) is 2. The number of ether oxygens (including phenoxy) is 4. The van der Waals surface area contributed by atoms with Crippen LogP contribution in [0.25, 0.3) is 0 Å². The van der Waals surface area contributed by atoms with Gasteiger partial charge in [0.15, 0.2) is 13.2 Å². The number of nitrogens with one attached hydrogen (secondary N) is 4. The fourth-order valence-corrected chi connectivity index (χ4v) is 4.03. The van der Waals surface area contributed by atoms with Crippen molar-refractivity contribution < 1.29 is 57.6 Å². The third-order valence-electron chi connectivity index (χ3n) is 6.69. The normalized spacial score (nSPS) is 13.3. The molecule has 24 heteroatoms. The summed E-state index contributed by atoms with van der Waals surface area (Å²) in [4.78, 5) is 131. The molecule has 1 amide bonds. The molecular formula is C31H32N8O16. The predicted octanol–water partition coefficient (Wildman–Crippen LogP) is -3.54. The van der Waals surface area contributed by atoms with Gasteiger partial charge in [-0.05, 0) is 0 Å². The topological polar surface area (TPSA) is 374 Å². The van der Waals surface area contributed by atoms with Gasteiger partial charge in [-0.2, -0.15) is 0 Å². The zero-order chi connectivity index (χ0) is 41.7. The number of Topliss-reactive ketones (excluding diaryl/α,β-unsaturated/α-hetero) is 2. The number of allylic oxidation sites excluding steroid dienone is 1. The average Bonchev–Trinajstić information content (AvgIpc) is 3.11. The summed E-state index contributed by atoms with van der Waals surface area (Å²) in [6.07, 6.45) is 2.81. The van der Waals surface area contributed by atoms with Crippen LogP contribution in [0.5, 0.6) is 0 Å². The van der Waals surface area contributed by atoms with Crippen LogP contribution < -0.4 is 39.3 Å². The van der Waals surface area contributed by atoms with Gasteiger partial charge >= 0.3 is 35.3 Å². The number of aliphatic hydroxyl groups is 1. The minimum absolute atomic E-state index is 0.000125. The summed E-state index contributed by atoms with van der Waals surface area (Å²) >= 11 is 0. The van der Waals surface area contributed by atoms with Crippen LogP contribution >= 0.6 is 0 Å². The summed E-state index contributed by atoms with van der Waals surface area (Å²) in [5.74, 6) is -8.16. The van der Waals surface area contributed by atoms with E-state index in [4.69, 9.17) is 16.9 Å². The summed E-state index contributed by atoms with van der Waals surface area (Å²) in [7, 11) is 3.60. The maximum absolute atomic E-state index is 12.0. The molecule has 0 radical (unpaired) electrons. The fourth-order valence-electron chi connectivity index (χ4n) is 4.03. The highest BCUT2D eigenvalue weighted by molar-refractivity contribution is 6.23. The van der Waals surface area contributed by atoms with E-state index in [1.807, 2.05) is 4.98 Å². The highest BCUT2D eigenvalue weighted by Crippen LogP contribution is 2.16. The van der Waals surface area contributed by atoms with E-state index in [2.05, 4.69) is 30.8 Å². The van der Waals surface area contributed by atoms with Crippen molar-refractivity contribution in [1.82, 2.24) is 24.4 Å². The molecule has 9 N–H and O–H groups in total. The molecule has 0 saturated carbocycles. The van der Waals surface area contributed by atoms with E-state index in [9.17, 15) is 57.8 Å². The van der Waals surface area contributed by atoms with Crippen molar-refractivity contribution in [3.8, 4) is 0 Å². The van der Waals surface area contributed by atoms with Crippen molar-refractivity contribution in [2.75, 3.05) is 38.4 Å². The molecule has 2 aromatic heterocycles. The van der Waals surface area contributed by atoms with Gasteiger partial charge in [-0.25, -0.2) is 28.8 Å². The SMILES string of the molecule is C=C1CC(=N)C(=C(O)COC(=O)/C=C/C(=O)OCC(=O)c2c(N)[nH]c(=O)[nH]c2=O)C(=O)N1.COC(=O)/C=C/C(=O)OCC(=O)c1c(N)n(C)c(=O)n(C)c1=O. The van der Waals surface area contributed by atoms with Crippen LogP contribution in [0, 0.1) is 5.41 Å². The van der Waals surface area contributed by atoms with Crippen LogP contribution in [-0.4, -0.2) is 98.2 Å². The van der Waals surface area contributed by atoms with Gasteiger partial charge < -0.3 is 46.2 Å². The quantitative estimate of drug-likeness (QED) is 0.0361. The highest BCUT2D eigenvalue weighted by Gasteiger charge is 2.27. The number of amides is 1. The zero-order valence-corrected chi connectivity index (χ0v) is 29.0. The third kappa shape index (κ3) is 11.8. The Balaban J connectivity index is 0.000000402. The number of aliphatic hydroxyl groups excluding tert-OH is 1. The lowest BCUT2D eigenvalue weighted by molar-refractivity contribution is -0.139. The lowest BCUT2D eigenvalue weighted by atomic mass is 10.00. The van der Waals surface area contributed by atoms with Crippen molar-refractivity contribution in [2.24, 2.45) is 14.1 Å². The van der Waals surface area contributed by atoms with E-state index in [1.54, 1.807) is 4.98 Å². The molecule has 1 fully saturated rings. The number of nitrogens with two attached hydrogens (primary N) is 2. The molecule has 0 aromatic carbocycles. The number of hydrogen-bond donors (Lipinski definition) is 7. The molecule has 1 saturated heterocycles. The number of aromatic amines is 2.